The first kappa shape index (κ1) is 19.8. The average Bonchev–Trinajstić information content (AvgIpc) is 2.67. The van der Waals surface area contributed by atoms with E-state index in [1.165, 1.54) is 7.11 Å². The molecule has 1 fully saturated rings. The zero-order valence-electron chi connectivity index (χ0n) is 15.4. The normalized spacial score (nSPS) is 15.6. The smallest absolute Gasteiger partial charge is 0.344 e. The molecule has 7 heteroatoms. The maximum atomic E-state index is 12.2. The molecule has 1 heterocycles. The Morgan fingerprint density at radius 3 is 2.65 bits per heavy atom. The van der Waals surface area contributed by atoms with Crippen LogP contribution >= 0.6 is 0 Å². The first-order valence-corrected chi connectivity index (χ1v) is 8.54. The van der Waals surface area contributed by atoms with E-state index < -0.39 is 12.1 Å². The molecule has 0 aromatic heterocycles. The van der Waals surface area contributed by atoms with Crippen molar-refractivity contribution in [1.29, 1.82) is 0 Å². The van der Waals surface area contributed by atoms with Gasteiger partial charge in [-0.25, -0.2) is 4.79 Å². The van der Waals surface area contributed by atoms with E-state index in [1.54, 1.807) is 17.9 Å². The third-order valence-corrected chi connectivity index (χ3v) is 3.87. The largest absolute Gasteiger partial charge is 0.493 e. The Bertz CT molecular complexity index is 651. The molecule has 1 aromatic rings. The van der Waals surface area contributed by atoms with Crippen LogP contribution in [0.3, 0.4) is 0 Å². The van der Waals surface area contributed by atoms with Gasteiger partial charge in [0.1, 0.15) is 0 Å². The molecule has 7 nitrogen and oxygen atoms in total. The van der Waals surface area contributed by atoms with Gasteiger partial charge >= 0.3 is 5.97 Å². The highest BCUT2D eigenvalue weighted by molar-refractivity contribution is 5.83. The van der Waals surface area contributed by atoms with Crippen LogP contribution in [0.2, 0.25) is 0 Å². The van der Waals surface area contributed by atoms with Crippen LogP contribution in [0.5, 0.6) is 11.5 Å². The maximum Gasteiger partial charge on any atom is 0.344 e. The lowest BCUT2D eigenvalue weighted by Crippen LogP contribution is -2.46. The molecule has 1 unspecified atom stereocenters. The average molecular weight is 363 g/mol. The monoisotopic (exact) mass is 363 g/mol. The zero-order chi connectivity index (χ0) is 18.9. The Labute approximate surface area is 153 Å². The molecule has 0 spiro atoms. The van der Waals surface area contributed by atoms with E-state index in [9.17, 15) is 9.59 Å². The number of esters is 1. The minimum absolute atomic E-state index is 0.227. The van der Waals surface area contributed by atoms with Gasteiger partial charge in [-0.1, -0.05) is 18.2 Å². The molecule has 1 amide bonds. The molecule has 1 aliphatic heterocycles. The Morgan fingerprint density at radius 1 is 1.27 bits per heavy atom. The second-order valence-electron chi connectivity index (χ2n) is 5.77. The summed E-state index contributed by atoms with van der Waals surface area (Å²) in [7, 11) is 1.53. The van der Waals surface area contributed by atoms with Gasteiger partial charge in [0.15, 0.2) is 24.2 Å². The molecule has 0 aliphatic carbocycles. The fourth-order valence-electron chi connectivity index (χ4n) is 2.56. The molecule has 0 saturated carbocycles. The molecule has 1 aliphatic rings. The van der Waals surface area contributed by atoms with Crippen LogP contribution in [0.4, 0.5) is 0 Å². The number of morpholine rings is 1. The number of rotatable bonds is 7. The van der Waals surface area contributed by atoms with E-state index >= 15 is 0 Å². The summed E-state index contributed by atoms with van der Waals surface area (Å²) in [5.74, 6) is 0.115. The maximum absolute atomic E-state index is 12.2. The van der Waals surface area contributed by atoms with Crippen LogP contribution in [0.25, 0.3) is 6.08 Å². The Hall–Kier alpha value is -2.54. The summed E-state index contributed by atoms with van der Waals surface area (Å²) in [5.41, 5.74) is 0.962. The van der Waals surface area contributed by atoms with Gasteiger partial charge in [0.25, 0.3) is 5.91 Å². The number of hydrogen-bond donors (Lipinski definition) is 0. The van der Waals surface area contributed by atoms with Crippen LogP contribution in [0, 0.1) is 0 Å². The molecule has 1 saturated heterocycles. The summed E-state index contributed by atoms with van der Waals surface area (Å²) < 4.78 is 21.1. The highest BCUT2D eigenvalue weighted by Crippen LogP contribution is 2.28. The predicted octanol–water partition coefficient (Wildman–Crippen LogP) is 1.90. The first-order valence-electron chi connectivity index (χ1n) is 8.54. The molecule has 142 valence electrons. The number of amides is 1. The number of methoxy groups -OCH3 is 1. The van der Waals surface area contributed by atoms with Crippen molar-refractivity contribution in [2.45, 2.75) is 20.0 Å². The Balaban J connectivity index is 1.87. The van der Waals surface area contributed by atoms with Crippen molar-refractivity contribution in [3.63, 3.8) is 0 Å². The van der Waals surface area contributed by atoms with E-state index in [0.717, 1.165) is 5.56 Å². The first-order chi connectivity index (χ1) is 12.5. The fourth-order valence-corrected chi connectivity index (χ4v) is 2.56. The van der Waals surface area contributed by atoms with Gasteiger partial charge < -0.3 is 23.8 Å². The number of allylic oxidation sites excluding steroid dienone is 1. The summed E-state index contributed by atoms with van der Waals surface area (Å²) >= 11 is 0. The third-order valence-electron chi connectivity index (χ3n) is 3.87. The topological polar surface area (TPSA) is 74.3 Å². The summed E-state index contributed by atoms with van der Waals surface area (Å²) in [6.07, 6.45) is 2.99. The number of carbonyl (C=O) groups is 2. The molecule has 1 aromatic carbocycles. The van der Waals surface area contributed by atoms with Crippen molar-refractivity contribution in [2.75, 3.05) is 40.0 Å². The fraction of sp³-hybridized carbons (Fsp3) is 0.474. The van der Waals surface area contributed by atoms with Gasteiger partial charge in [0.05, 0.1) is 20.3 Å². The number of benzene rings is 1. The third kappa shape index (κ3) is 5.49. The van der Waals surface area contributed by atoms with Gasteiger partial charge in [0.2, 0.25) is 0 Å². The summed E-state index contributed by atoms with van der Waals surface area (Å²) in [4.78, 5) is 25.9. The zero-order valence-corrected chi connectivity index (χ0v) is 15.4. The van der Waals surface area contributed by atoms with Crippen molar-refractivity contribution < 1.29 is 28.5 Å². The minimum atomic E-state index is -0.858. The molecular weight excluding hydrogens is 338 g/mol. The highest BCUT2D eigenvalue weighted by Gasteiger charge is 2.25. The van der Waals surface area contributed by atoms with E-state index in [1.807, 2.05) is 31.2 Å². The van der Waals surface area contributed by atoms with Crippen molar-refractivity contribution >= 4 is 18.0 Å². The predicted molar refractivity (Wildman–Crippen MR) is 96.2 cm³/mol. The Morgan fingerprint density at radius 2 is 2.00 bits per heavy atom. The van der Waals surface area contributed by atoms with Gasteiger partial charge in [-0.3, -0.25) is 4.79 Å². The SMILES string of the molecule is C/C=C/c1ccc(OCC(=O)OC(C)C(=O)N2CCOCC2)c(OC)c1. The number of ether oxygens (including phenoxy) is 4. The lowest BCUT2D eigenvalue weighted by molar-refractivity contribution is -0.162. The van der Waals surface area contributed by atoms with Gasteiger partial charge in [-0.15, -0.1) is 0 Å². The van der Waals surface area contributed by atoms with Crippen molar-refractivity contribution in [3.05, 3.63) is 29.8 Å². The lowest BCUT2D eigenvalue weighted by Gasteiger charge is -2.28. The molecule has 0 radical (unpaired) electrons. The van der Waals surface area contributed by atoms with Gasteiger partial charge in [-0.05, 0) is 31.5 Å². The van der Waals surface area contributed by atoms with E-state index in [2.05, 4.69) is 0 Å². The molecular formula is C19H25NO6. The van der Waals surface area contributed by atoms with E-state index in [0.29, 0.717) is 37.8 Å². The van der Waals surface area contributed by atoms with E-state index in [4.69, 9.17) is 18.9 Å². The van der Waals surface area contributed by atoms with Crippen LogP contribution in [-0.4, -0.2) is 62.9 Å². The van der Waals surface area contributed by atoms with Crippen molar-refractivity contribution in [3.8, 4) is 11.5 Å². The van der Waals surface area contributed by atoms with Crippen LogP contribution < -0.4 is 9.47 Å². The highest BCUT2D eigenvalue weighted by atomic mass is 16.6. The quantitative estimate of drug-likeness (QED) is 0.689. The lowest BCUT2D eigenvalue weighted by atomic mass is 10.2. The van der Waals surface area contributed by atoms with Crippen LogP contribution in [-0.2, 0) is 19.1 Å². The van der Waals surface area contributed by atoms with Crippen molar-refractivity contribution in [2.24, 2.45) is 0 Å². The molecule has 26 heavy (non-hydrogen) atoms. The molecule has 0 N–H and O–H groups in total. The molecule has 1 atom stereocenters. The summed E-state index contributed by atoms with van der Waals surface area (Å²) in [6.45, 7) is 5.19. The summed E-state index contributed by atoms with van der Waals surface area (Å²) in [5, 5.41) is 0. The van der Waals surface area contributed by atoms with Crippen LogP contribution in [0.15, 0.2) is 24.3 Å². The van der Waals surface area contributed by atoms with Crippen LogP contribution in [0.1, 0.15) is 19.4 Å². The second kappa shape index (κ2) is 9.82. The summed E-state index contributed by atoms with van der Waals surface area (Å²) in [6, 6.07) is 5.39. The Kier molecular flexibility index (Phi) is 7.47. The second-order valence-corrected chi connectivity index (χ2v) is 5.77. The van der Waals surface area contributed by atoms with E-state index in [-0.39, 0.29) is 12.5 Å². The molecule has 0 bridgehead atoms. The van der Waals surface area contributed by atoms with Crippen molar-refractivity contribution in [1.82, 2.24) is 4.90 Å². The molecule has 2 rings (SSSR count). The standard InChI is InChI=1S/C19H25NO6/c1-4-5-15-6-7-16(17(12-15)23-3)25-13-18(21)26-14(2)19(22)20-8-10-24-11-9-20/h4-7,12,14H,8-11,13H2,1-3H3/b5-4+. The van der Waals surface area contributed by atoms with Gasteiger partial charge in [-0.2, -0.15) is 0 Å². The number of nitrogens with zero attached hydrogens (tertiary/aromatic N) is 1. The van der Waals surface area contributed by atoms with Gasteiger partial charge in [0, 0.05) is 13.1 Å². The number of carbonyl (C=O) groups excluding carboxylic acids is 2. The number of hydrogen-bond acceptors (Lipinski definition) is 6. The minimum Gasteiger partial charge on any atom is -0.493 e.